The SMILES string of the molecule is CC(C)C1SC(C)C(O)C1O. The van der Waals surface area contributed by atoms with E-state index in [0.717, 1.165) is 0 Å². The first-order chi connectivity index (χ1) is 5.04. The minimum Gasteiger partial charge on any atom is -0.389 e. The Bertz CT molecular complexity index is 138. The Morgan fingerprint density at radius 3 is 1.91 bits per heavy atom. The third-order valence-electron chi connectivity index (χ3n) is 2.20. The number of rotatable bonds is 1. The van der Waals surface area contributed by atoms with Gasteiger partial charge in [-0.05, 0) is 5.92 Å². The summed E-state index contributed by atoms with van der Waals surface area (Å²) in [5.74, 6) is 0.439. The molecule has 2 N–H and O–H groups in total. The highest BCUT2D eigenvalue weighted by atomic mass is 32.2. The van der Waals surface area contributed by atoms with Gasteiger partial charge in [0, 0.05) is 10.5 Å². The van der Waals surface area contributed by atoms with E-state index in [-0.39, 0.29) is 10.5 Å². The molecule has 2 nitrogen and oxygen atoms in total. The molecule has 4 unspecified atom stereocenters. The molecule has 0 radical (unpaired) electrons. The van der Waals surface area contributed by atoms with E-state index in [1.165, 1.54) is 0 Å². The Kier molecular flexibility index (Phi) is 2.84. The summed E-state index contributed by atoms with van der Waals surface area (Å²) < 4.78 is 0. The van der Waals surface area contributed by atoms with Crippen LogP contribution >= 0.6 is 11.8 Å². The molecule has 1 aliphatic rings. The Hall–Kier alpha value is 0.270. The molecule has 4 atom stereocenters. The van der Waals surface area contributed by atoms with Gasteiger partial charge in [0.05, 0.1) is 12.2 Å². The fraction of sp³-hybridized carbons (Fsp3) is 1.00. The van der Waals surface area contributed by atoms with Crippen LogP contribution < -0.4 is 0 Å². The normalized spacial score (nSPS) is 45.3. The average molecular weight is 176 g/mol. The standard InChI is InChI=1S/C8H16O2S/c1-4(2)8-7(10)6(9)5(3)11-8/h4-10H,1-3H3. The molecule has 3 heteroatoms. The highest BCUT2D eigenvalue weighted by Gasteiger charge is 2.40. The fourth-order valence-corrected chi connectivity index (χ4v) is 2.89. The van der Waals surface area contributed by atoms with E-state index in [1.54, 1.807) is 11.8 Å². The van der Waals surface area contributed by atoms with E-state index in [1.807, 2.05) is 6.92 Å². The largest absolute Gasteiger partial charge is 0.389 e. The van der Waals surface area contributed by atoms with Crippen molar-refractivity contribution in [1.29, 1.82) is 0 Å². The van der Waals surface area contributed by atoms with Crippen molar-refractivity contribution < 1.29 is 10.2 Å². The fourth-order valence-electron chi connectivity index (χ4n) is 1.43. The molecular weight excluding hydrogens is 160 g/mol. The van der Waals surface area contributed by atoms with E-state index in [2.05, 4.69) is 13.8 Å². The molecular formula is C8H16O2S. The zero-order valence-electron chi connectivity index (χ0n) is 7.19. The molecule has 66 valence electrons. The van der Waals surface area contributed by atoms with Gasteiger partial charge in [0.2, 0.25) is 0 Å². The molecule has 0 spiro atoms. The van der Waals surface area contributed by atoms with E-state index < -0.39 is 12.2 Å². The van der Waals surface area contributed by atoms with Crippen LogP contribution in [-0.2, 0) is 0 Å². The lowest BCUT2D eigenvalue weighted by atomic mass is 10.0. The van der Waals surface area contributed by atoms with Crippen LogP contribution in [0, 0.1) is 5.92 Å². The van der Waals surface area contributed by atoms with Gasteiger partial charge in [-0.25, -0.2) is 0 Å². The molecule has 0 amide bonds. The second-order valence-corrected chi connectivity index (χ2v) is 5.09. The number of aliphatic hydroxyl groups is 2. The van der Waals surface area contributed by atoms with Crippen molar-refractivity contribution in [3.05, 3.63) is 0 Å². The van der Waals surface area contributed by atoms with Gasteiger partial charge in [-0.15, -0.1) is 11.8 Å². The summed E-state index contributed by atoms with van der Waals surface area (Å²) in [5.41, 5.74) is 0. The van der Waals surface area contributed by atoms with Crippen LogP contribution in [0.25, 0.3) is 0 Å². The predicted molar refractivity (Wildman–Crippen MR) is 47.7 cm³/mol. The summed E-state index contributed by atoms with van der Waals surface area (Å²) in [4.78, 5) is 0. The molecule has 0 aliphatic carbocycles. The van der Waals surface area contributed by atoms with Crippen LogP contribution in [-0.4, -0.2) is 32.9 Å². The Morgan fingerprint density at radius 2 is 1.73 bits per heavy atom. The van der Waals surface area contributed by atoms with Crippen molar-refractivity contribution in [2.75, 3.05) is 0 Å². The van der Waals surface area contributed by atoms with Gasteiger partial charge in [0.15, 0.2) is 0 Å². The third kappa shape index (κ3) is 1.71. The first-order valence-electron chi connectivity index (χ1n) is 4.05. The monoisotopic (exact) mass is 176 g/mol. The van der Waals surface area contributed by atoms with Gasteiger partial charge in [-0.3, -0.25) is 0 Å². The number of aliphatic hydroxyl groups excluding tert-OH is 2. The van der Waals surface area contributed by atoms with Crippen LogP contribution in [0.1, 0.15) is 20.8 Å². The second-order valence-electron chi connectivity index (χ2n) is 3.53. The smallest absolute Gasteiger partial charge is 0.0930 e. The molecule has 0 saturated carbocycles. The molecule has 0 bridgehead atoms. The zero-order chi connectivity index (χ0) is 8.59. The molecule has 1 saturated heterocycles. The van der Waals surface area contributed by atoms with E-state index in [0.29, 0.717) is 5.92 Å². The van der Waals surface area contributed by atoms with Crippen molar-refractivity contribution in [2.24, 2.45) is 5.92 Å². The maximum Gasteiger partial charge on any atom is 0.0930 e. The molecule has 11 heavy (non-hydrogen) atoms. The minimum atomic E-state index is -0.535. The Balaban J connectivity index is 2.59. The Morgan fingerprint density at radius 1 is 1.18 bits per heavy atom. The zero-order valence-corrected chi connectivity index (χ0v) is 8.01. The van der Waals surface area contributed by atoms with Crippen molar-refractivity contribution in [1.82, 2.24) is 0 Å². The van der Waals surface area contributed by atoms with Gasteiger partial charge in [0.1, 0.15) is 0 Å². The van der Waals surface area contributed by atoms with Crippen LogP contribution in [0.2, 0.25) is 0 Å². The first-order valence-corrected chi connectivity index (χ1v) is 5.00. The van der Waals surface area contributed by atoms with Crippen LogP contribution in [0.5, 0.6) is 0 Å². The molecule has 0 aromatic heterocycles. The quantitative estimate of drug-likeness (QED) is 0.623. The van der Waals surface area contributed by atoms with Gasteiger partial charge in [-0.2, -0.15) is 0 Å². The van der Waals surface area contributed by atoms with Crippen molar-refractivity contribution in [3.63, 3.8) is 0 Å². The van der Waals surface area contributed by atoms with Gasteiger partial charge < -0.3 is 10.2 Å². The summed E-state index contributed by atoms with van der Waals surface area (Å²) >= 11 is 1.69. The van der Waals surface area contributed by atoms with Crippen molar-refractivity contribution in [2.45, 2.75) is 43.5 Å². The topological polar surface area (TPSA) is 40.5 Å². The van der Waals surface area contributed by atoms with E-state index in [9.17, 15) is 10.2 Å². The van der Waals surface area contributed by atoms with Crippen LogP contribution in [0.4, 0.5) is 0 Å². The summed E-state index contributed by atoms with van der Waals surface area (Å²) in [6.07, 6.45) is -1.07. The summed E-state index contributed by atoms with van der Waals surface area (Å²) in [6, 6.07) is 0. The molecule has 1 heterocycles. The van der Waals surface area contributed by atoms with Gasteiger partial charge in [-0.1, -0.05) is 20.8 Å². The second kappa shape index (κ2) is 3.33. The van der Waals surface area contributed by atoms with Crippen LogP contribution in [0.3, 0.4) is 0 Å². The molecule has 0 aromatic rings. The number of hydrogen-bond donors (Lipinski definition) is 2. The lowest BCUT2D eigenvalue weighted by Gasteiger charge is -2.18. The summed E-state index contributed by atoms with van der Waals surface area (Å²) in [6.45, 7) is 6.11. The van der Waals surface area contributed by atoms with Gasteiger partial charge >= 0.3 is 0 Å². The third-order valence-corrected chi connectivity index (χ3v) is 4.04. The molecule has 0 aromatic carbocycles. The molecule has 1 rings (SSSR count). The van der Waals surface area contributed by atoms with E-state index >= 15 is 0 Å². The minimum absolute atomic E-state index is 0.178. The predicted octanol–water partition coefficient (Wildman–Crippen LogP) is 0.868. The van der Waals surface area contributed by atoms with Crippen molar-refractivity contribution in [3.8, 4) is 0 Å². The summed E-state index contributed by atoms with van der Waals surface area (Å²) in [5, 5.41) is 19.3. The maximum atomic E-state index is 9.53. The number of hydrogen-bond acceptors (Lipinski definition) is 3. The highest BCUT2D eigenvalue weighted by molar-refractivity contribution is 8.00. The molecule has 1 aliphatic heterocycles. The first kappa shape index (κ1) is 9.36. The van der Waals surface area contributed by atoms with Crippen molar-refractivity contribution >= 4 is 11.8 Å². The average Bonchev–Trinajstić information content (AvgIpc) is 2.17. The summed E-state index contributed by atoms with van der Waals surface area (Å²) in [7, 11) is 0. The highest BCUT2D eigenvalue weighted by Crippen LogP contribution is 2.37. The maximum absolute atomic E-state index is 9.53. The van der Waals surface area contributed by atoms with E-state index in [4.69, 9.17) is 0 Å². The van der Waals surface area contributed by atoms with Gasteiger partial charge in [0.25, 0.3) is 0 Å². The lowest BCUT2D eigenvalue weighted by Crippen LogP contribution is -2.33. The Labute approximate surface area is 72.0 Å². The molecule has 1 fully saturated rings. The van der Waals surface area contributed by atoms with Crippen LogP contribution in [0.15, 0.2) is 0 Å². The number of thioether (sulfide) groups is 1. The lowest BCUT2D eigenvalue weighted by molar-refractivity contribution is 0.0243.